The van der Waals surface area contributed by atoms with E-state index in [0.717, 1.165) is 38.9 Å². The summed E-state index contributed by atoms with van der Waals surface area (Å²) in [6.07, 6.45) is 2.77. The van der Waals surface area contributed by atoms with Crippen LogP contribution in [0, 0.1) is 6.57 Å². The van der Waals surface area contributed by atoms with E-state index in [1.54, 1.807) is 0 Å². The van der Waals surface area contributed by atoms with Crippen LogP contribution in [-0.2, 0) is 11.3 Å². The predicted molar refractivity (Wildman–Crippen MR) is 96.5 cm³/mol. The number of hydrogen-bond donors (Lipinski definition) is 0. The van der Waals surface area contributed by atoms with Crippen LogP contribution in [0.2, 0.25) is 0 Å². The Kier molecular flexibility index (Phi) is 4.96. The van der Waals surface area contributed by atoms with Crippen LogP contribution in [0.25, 0.3) is 4.85 Å². The molecule has 2 fully saturated rings. The number of benzene rings is 1. The standard InChI is InChI=1S/C20H29N3O/c1-19(2)16-20(21-3,11-13-24-19)23-12-10-18(15-23)22(4)14-17-8-6-5-7-9-17/h5-9,18H,10-16H2,1-2,4H3. The van der Waals surface area contributed by atoms with Crippen LogP contribution in [0.3, 0.4) is 0 Å². The van der Waals surface area contributed by atoms with Gasteiger partial charge in [-0.25, -0.2) is 11.5 Å². The molecule has 1 aromatic carbocycles. The first-order chi connectivity index (χ1) is 11.4. The quantitative estimate of drug-likeness (QED) is 0.791. The molecule has 0 amide bonds. The Balaban J connectivity index is 1.65. The lowest BCUT2D eigenvalue weighted by Crippen LogP contribution is -2.54. The van der Waals surface area contributed by atoms with Gasteiger partial charge in [0.1, 0.15) is 0 Å². The fourth-order valence-corrected chi connectivity index (χ4v) is 4.23. The molecule has 2 saturated heterocycles. The van der Waals surface area contributed by atoms with Gasteiger partial charge >= 0.3 is 0 Å². The van der Waals surface area contributed by atoms with E-state index in [1.165, 1.54) is 5.56 Å². The fourth-order valence-electron chi connectivity index (χ4n) is 4.23. The highest BCUT2D eigenvalue weighted by Crippen LogP contribution is 2.39. The molecule has 2 aliphatic heterocycles. The van der Waals surface area contributed by atoms with Gasteiger partial charge in [0.25, 0.3) is 5.66 Å². The highest BCUT2D eigenvalue weighted by molar-refractivity contribution is 5.15. The number of rotatable bonds is 4. The van der Waals surface area contributed by atoms with Crippen LogP contribution in [0.5, 0.6) is 0 Å². The van der Waals surface area contributed by atoms with Crippen molar-refractivity contribution in [2.45, 2.75) is 57.0 Å². The Labute approximate surface area is 146 Å². The molecule has 4 nitrogen and oxygen atoms in total. The summed E-state index contributed by atoms with van der Waals surface area (Å²) in [5, 5.41) is 0. The lowest BCUT2D eigenvalue weighted by Gasteiger charge is -2.41. The topological polar surface area (TPSA) is 20.1 Å². The summed E-state index contributed by atoms with van der Waals surface area (Å²) in [5.41, 5.74) is 0.784. The fraction of sp³-hybridized carbons (Fsp3) is 0.650. The summed E-state index contributed by atoms with van der Waals surface area (Å²) in [5.74, 6) is 0. The molecule has 130 valence electrons. The molecule has 0 N–H and O–H groups in total. The molecule has 0 aromatic heterocycles. The SMILES string of the molecule is [C-]#[N+]C1(N2CCC(N(C)Cc3ccccc3)C2)CCOC(C)(C)C1. The number of likely N-dealkylation sites (tertiary alicyclic amines) is 1. The number of hydrogen-bond acceptors (Lipinski definition) is 3. The largest absolute Gasteiger partial charge is 0.375 e. The minimum absolute atomic E-state index is 0.198. The van der Waals surface area contributed by atoms with Crippen molar-refractivity contribution in [3.8, 4) is 0 Å². The van der Waals surface area contributed by atoms with Gasteiger partial charge in [-0.15, -0.1) is 0 Å². The van der Waals surface area contributed by atoms with E-state index in [1.807, 2.05) is 0 Å². The van der Waals surface area contributed by atoms with E-state index < -0.39 is 0 Å². The third kappa shape index (κ3) is 3.64. The van der Waals surface area contributed by atoms with Crippen molar-refractivity contribution in [3.63, 3.8) is 0 Å². The van der Waals surface area contributed by atoms with Crippen molar-refractivity contribution >= 4 is 0 Å². The highest BCUT2D eigenvalue weighted by atomic mass is 16.5. The van der Waals surface area contributed by atoms with Crippen molar-refractivity contribution in [1.29, 1.82) is 0 Å². The lowest BCUT2D eigenvalue weighted by atomic mass is 9.87. The summed E-state index contributed by atoms with van der Waals surface area (Å²) >= 11 is 0. The average molecular weight is 327 g/mol. The van der Waals surface area contributed by atoms with Crippen LogP contribution in [0.15, 0.2) is 30.3 Å². The smallest absolute Gasteiger partial charge is 0.293 e. The second-order valence-electron chi connectivity index (χ2n) is 7.92. The van der Waals surface area contributed by atoms with Gasteiger partial charge < -0.3 is 4.74 Å². The lowest BCUT2D eigenvalue weighted by molar-refractivity contribution is -0.103. The van der Waals surface area contributed by atoms with Gasteiger partial charge in [0.2, 0.25) is 0 Å². The normalized spacial score (nSPS) is 30.4. The Morgan fingerprint density at radius 2 is 2.08 bits per heavy atom. The molecule has 0 saturated carbocycles. The van der Waals surface area contributed by atoms with Crippen molar-refractivity contribution in [1.82, 2.24) is 9.80 Å². The van der Waals surface area contributed by atoms with E-state index in [0.29, 0.717) is 12.6 Å². The van der Waals surface area contributed by atoms with Gasteiger partial charge in [-0.1, -0.05) is 30.3 Å². The summed E-state index contributed by atoms with van der Waals surface area (Å²) in [4.78, 5) is 8.98. The van der Waals surface area contributed by atoms with E-state index >= 15 is 0 Å². The monoisotopic (exact) mass is 327 g/mol. The first kappa shape index (κ1) is 17.4. The molecule has 1 aromatic rings. The number of nitrogens with zero attached hydrogens (tertiary/aromatic N) is 3. The minimum atomic E-state index is -0.371. The van der Waals surface area contributed by atoms with Gasteiger partial charge in [0.15, 0.2) is 0 Å². The van der Waals surface area contributed by atoms with Crippen molar-refractivity contribution in [3.05, 3.63) is 47.3 Å². The molecule has 3 rings (SSSR count). The average Bonchev–Trinajstić information content (AvgIpc) is 3.05. The van der Waals surface area contributed by atoms with Crippen molar-refractivity contribution < 1.29 is 4.74 Å². The minimum Gasteiger partial charge on any atom is -0.375 e. The van der Waals surface area contributed by atoms with Crippen LogP contribution in [0.1, 0.15) is 38.7 Å². The van der Waals surface area contributed by atoms with Crippen LogP contribution in [0.4, 0.5) is 0 Å². The van der Waals surface area contributed by atoms with Crippen LogP contribution >= 0.6 is 0 Å². The zero-order valence-corrected chi connectivity index (χ0v) is 15.2. The van der Waals surface area contributed by atoms with Crippen LogP contribution < -0.4 is 0 Å². The second-order valence-corrected chi connectivity index (χ2v) is 7.92. The Morgan fingerprint density at radius 1 is 1.33 bits per heavy atom. The van der Waals surface area contributed by atoms with E-state index in [4.69, 9.17) is 11.3 Å². The van der Waals surface area contributed by atoms with Gasteiger partial charge in [0.05, 0.1) is 25.0 Å². The summed E-state index contributed by atoms with van der Waals surface area (Å²) in [6.45, 7) is 15.7. The maximum absolute atomic E-state index is 7.85. The van der Waals surface area contributed by atoms with Crippen LogP contribution in [-0.4, -0.2) is 53.8 Å². The summed E-state index contributed by atoms with van der Waals surface area (Å²) in [7, 11) is 2.21. The molecule has 0 spiro atoms. The summed E-state index contributed by atoms with van der Waals surface area (Å²) in [6, 6.07) is 11.2. The van der Waals surface area contributed by atoms with E-state index in [-0.39, 0.29) is 11.3 Å². The van der Waals surface area contributed by atoms with Gasteiger partial charge in [-0.3, -0.25) is 9.74 Å². The zero-order chi connectivity index (χ0) is 17.2. The van der Waals surface area contributed by atoms with E-state index in [2.05, 4.69) is 65.9 Å². The summed E-state index contributed by atoms with van der Waals surface area (Å²) < 4.78 is 5.85. The molecule has 24 heavy (non-hydrogen) atoms. The van der Waals surface area contributed by atoms with Crippen molar-refractivity contribution in [2.24, 2.45) is 0 Å². The molecule has 2 heterocycles. The Bertz CT molecular complexity index is 595. The molecular formula is C20H29N3O. The molecule has 4 heteroatoms. The van der Waals surface area contributed by atoms with Gasteiger partial charge in [-0.2, -0.15) is 0 Å². The number of ether oxygens (including phenoxy) is 1. The van der Waals surface area contributed by atoms with Gasteiger partial charge in [0, 0.05) is 25.7 Å². The van der Waals surface area contributed by atoms with Gasteiger partial charge in [-0.05, 0) is 32.9 Å². The molecule has 2 atom stereocenters. The first-order valence-corrected chi connectivity index (χ1v) is 8.96. The molecule has 2 aliphatic rings. The highest BCUT2D eigenvalue weighted by Gasteiger charge is 2.52. The first-order valence-electron chi connectivity index (χ1n) is 8.96. The molecule has 2 unspecified atom stereocenters. The molecule has 0 bridgehead atoms. The third-order valence-corrected chi connectivity index (χ3v) is 5.56. The maximum Gasteiger partial charge on any atom is 0.293 e. The Hall–Kier alpha value is -1.41. The second kappa shape index (κ2) is 6.84. The molecule has 0 radical (unpaired) electrons. The van der Waals surface area contributed by atoms with Crippen molar-refractivity contribution in [2.75, 3.05) is 26.7 Å². The van der Waals surface area contributed by atoms with E-state index in [9.17, 15) is 0 Å². The number of likely N-dealkylation sites (N-methyl/N-ethyl adjacent to an activating group) is 1. The third-order valence-electron chi connectivity index (χ3n) is 5.56. The maximum atomic E-state index is 7.85. The molecule has 0 aliphatic carbocycles. The Morgan fingerprint density at radius 3 is 2.75 bits per heavy atom. The predicted octanol–water partition coefficient (Wildman–Crippen LogP) is 3.40. The zero-order valence-electron chi connectivity index (χ0n) is 15.2. The molecular weight excluding hydrogens is 298 g/mol.